The Balaban J connectivity index is 0.00000576. The highest BCUT2D eigenvalue weighted by molar-refractivity contribution is 14.0. The Hall–Kier alpha value is -0.330. The van der Waals surface area contributed by atoms with E-state index in [1.807, 2.05) is 4.90 Å². The number of rotatable bonds is 8. The molecule has 0 saturated carbocycles. The molecule has 1 atom stereocenters. The number of alkyl halides is 3. The first kappa shape index (κ1) is 24.7. The summed E-state index contributed by atoms with van der Waals surface area (Å²) in [6, 6.07) is -1.40. The maximum atomic E-state index is 12.8. The highest BCUT2D eigenvalue weighted by Crippen LogP contribution is 2.25. The summed E-state index contributed by atoms with van der Waals surface area (Å²) in [6.07, 6.45) is -3.35. The van der Waals surface area contributed by atoms with Gasteiger partial charge in [-0.3, -0.25) is 9.89 Å². The summed E-state index contributed by atoms with van der Waals surface area (Å²) in [6.45, 7) is 5.52. The lowest BCUT2D eigenvalue weighted by molar-refractivity contribution is -0.181. The molecule has 0 aromatic carbocycles. The van der Waals surface area contributed by atoms with Gasteiger partial charge in [0.15, 0.2) is 5.96 Å². The Labute approximate surface area is 165 Å². The molecule has 0 aliphatic carbocycles. The molecule has 10 heteroatoms. The fraction of sp³-hybridized carbons (Fsp3) is 0.933. The van der Waals surface area contributed by atoms with Crippen LogP contribution < -0.4 is 5.32 Å². The molecular formula is C15H30F3IN4O2. The molecule has 0 spiro atoms. The Kier molecular flexibility index (Phi) is 12.8. The molecule has 1 N–H and O–H groups in total. The second-order valence-electron chi connectivity index (χ2n) is 5.67. The molecule has 1 heterocycles. The average molecular weight is 482 g/mol. The number of halogens is 4. The van der Waals surface area contributed by atoms with E-state index in [1.54, 1.807) is 14.2 Å². The van der Waals surface area contributed by atoms with Crippen LogP contribution in [0.4, 0.5) is 13.2 Å². The summed E-state index contributed by atoms with van der Waals surface area (Å²) >= 11 is 0. The SMILES string of the molecule is CN=C(NCCCOCCOC)N1CCN(C(C)C(F)(F)F)CC1.I. The van der Waals surface area contributed by atoms with E-state index in [1.165, 1.54) is 11.8 Å². The third-order valence-corrected chi connectivity index (χ3v) is 4.03. The number of ether oxygens (including phenoxy) is 2. The van der Waals surface area contributed by atoms with Crippen LogP contribution in [0.25, 0.3) is 0 Å². The molecular weight excluding hydrogens is 452 g/mol. The number of hydrogen-bond acceptors (Lipinski definition) is 4. The van der Waals surface area contributed by atoms with Crippen molar-refractivity contribution in [2.75, 3.05) is 66.7 Å². The molecule has 0 amide bonds. The third kappa shape index (κ3) is 9.25. The first-order valence-electron chi connectivity index (χ1n) is 8.23. The van der Waals surface area contributed by atoms with Crippen LogP contribution in [-0.4, -0.2) is 94.7 Å². The lowest BCUT2D eigenvalue weighted by Crippen LogP contribution is -2.56. The second kappa shape index (κ2) is 12.9. The molecule has 1 unspecified atom stereocenters. The molecule has 0 radical (unpaired) electrons. The minimum absolute atomic E-state index is 0. The van der Waals surface area contributed by atoms with Crippen molar-refractivity contribution in [3.63, 3.8) is 0 Å². The smallest absolute Gasteiger partial charge is 0.382 e. The van der Waals surface area contributed by atoms with E-state index in [0.29, 0.717) is 52.5 Å². The van der Waals surface area contributed by atoms with Gasteiger partial charge in [0, 0.05) is 53.5 Å². The quantitative estimate of drug-likeness (QED) is 0.248. The molecule has 25 heavy (non-hydrogen) atoms. The summed E-state index contributed by atoms with van der Waals surface area (Å²) in [4.78, 5) is 7.66. The molecule has 1 aliphatic rings. The van der Waals surface area contributed by atoms with Crippen molar-refractivity contribution >= 4 is 29.9 Å². The van der Waals surface area contributed by atoms with Crippen LogP contribution in [0.3, 0.4) is 0 Å². The van der Waals surface area contributed by atoms with Crippen molar-refractivity contribution in [2.24, 2.45) is 4.99 Å². The number of hydrogen-bond donors (Lipinski definition) is 1. The molecule has 1 fully saturated rings. The van der Waals surface area contributed by atoms with E-state index >= 15 is 0 Å². The summed E-state index contributed by atoms with van der Waals surface area (Å²) in [5.74, 6) is 0.728. The molecule has 1 rings (SSSR count). The Bertz CT molecular complexity index is 378. The van der Waals surface area contributed by atoms with Crippen molar-refractivity contribution in [3.05, 3.63) is 0 Å². The number of guanidine groups is 1. The second-order valence-corrected chi connectivity index (χ2v) is 5.67. The zero-order valence-electron chi connectivity index (χ0n) is 15.1. The van der Waals surface area contributed by atoms with Crippen LogP contribution in [0.5, 0.6) is 0 Å². The number of piperazine rings is 1. The maximum absolute atomic E-state index is 12.8. The van der Waals surface area contributed by atoms with Gasteiger partial charge in [0.05, 0.1) is 13.2 Å². The van der Waals surface area contributed by atoms with E-state index in [-0.39, 0.29) is 24.0 Å². The molecule has 0 bridgehead atoms. The van der Waals surface area contributed by atoms with Crippen molar-refractivity contribution in [1.29, 1.82) is 0 Å². The van der Waals surface area contributed by atoms with Crippen LogP contribution in [0, 0.1) is 0 Å². The minimum atomic E-state index is -4.18. The first-order valence-corrected chi connectivity index (χ1v) is 8.23. The van der Waals surface area contributed by atoms with Gasteiger partial charge in [-0.25, -0.2) is 0 Å². The van der Waals surface area contributed by atoms with Crippen molar-refractivity contribution in [2.45, 2.75) is 25.6 Å². The van der Waals surface area contributed by atoms with Gasteiger partial charge >= 0.3 is 6.18 Å². The standard InChI is InChI=1S/C15H29F3N4O2.HI/c1-13(15(16,17)18)21-6-8-22(9-7-21)14(19-2)20-5-4-10-24-12-11-23-3;/h13H,4-12H2,1-3H3,(H,19,20);1H. The maximum Gasteiger partial charge on any atom is 0.403 e. The largest absolute Gasteiger partial charge is 0.403 e. The monoisotopic (exact) mass is 482 g/mol. The van der Waals surface area contributed by atoms with E-state index in [2.05, 4.69) is 10.3 Å². The average Bonchev–Trinajstić information content (AvgIpc) is 2.56. The Morgan fingerprint density at radius 2 is 1.80 bits per heavy atom. The van der Waals surface area contributed by atoms with Gasteiger partial charge in [-0.05, 0) is 13.3 Å². The third-order valence-electron chi connectivity index (χ3n) is 4.03. The first-order chi connectivity index (χ1) is 11.4. The van der Waals surface area contributed by atoms with Crippen LogP contribution in [0.1, 0.15) is 13.3 Å². The Morgan fingerprint density at radius 3 is 2.32 bits per heavy atom. The molecule has 150 valence electrons. The number of methoxy groups -OCH3 is 1. The Morgan fingerprint density at radius 1 is 1.16 bits per heavy atom. The normalized spacial score (nSPS) is 18.0. The molecule has 6 nitrogen and oxygen atoms in total. The van der Waals surface area contributed by atoms with Gasteiger partial charge in [0.25, 0.3) is 0 Å². The van der Waals surface area contributed by atoms with Gasteiger partial charge in [-0.15, -0.1) is 24.0 Å². The van der Waals surface area contributed by atoms with Crippen molar-refractivity contribution in [1.82, 2.24) is 15.1 Å². The van der Waals surface area contributed by atoms with Crippen LogP contribution in [0.2, 0.25) is 0 Å². The van der Waals surface area contributed by atoms with Gasteiger partial charge in [0.1, 0.15) is 6.04 Å². The van der Waals surface area contributed by atoms with E-state index < -0.39 is 12.2 Å². The topological polar surface area (TPSA) is 49.3 Å². The van der Waals surface area contributed by atoms with Gasteiger partial charge in [-0.2, -0.15) is 13.2 Å². The molecule has 1 saturated heterocycles. The van der Waals surface area contributed by atoms with E-state index in [0.717, 1.165) is 12.4 Å². The predicted molar refractivity (Wildman–Crippen MR) is 103 cm³/mol. The predicted octanol–water partition coefficient (Wildman–Crippen LogP) is 1.80. The van der Waals surface area contributed by atoms with Gasteiger partial charge in [0.2, 0.25) is 0 Å². The van der Waals surface area contributed by atoms with Gasteiger partial charge < -0.3 is 19.7 Å². The lowest BCUT2D eigenvalue weighted by Gasteiger charge is -2.39. The van der Waals surface area contributed by atoms with Crippen LogP contribution in [0.15, 0.2) is 4.99 Å². The van der Waals surface area contributed by atoms with Crippen molar-refractivity contribution < 1.29 is 22.6 Å². The summed E-state index contributed by atoms with van der Waals surface area (Å²) in [5, 5.41) is 3.23. The van der Waals surface area contributed by atoms with Crippen LogP contribution >= 0.6 is 24.0 Å². The fourth-order valence-corrected chi connectivity index (χ4v) is 2.48. The molecule has 0 aromatic heterocycles. The molecule has 0 aromatic rings. The minimum Gasteiger partial charge on any atom is -0.382 e. The van der Waals surface area contributed by atoms with E-state index in [9.17, 15) is 13.2 Å². The zero-order chi connectivity index (χ0) is 18.0. The fourth-order valence-electron chi connectivity index (χ4n) is 2.48. The van der Waals surface area contributed by atoms with Gasteiger partial charge in [-0.1, -0.05) is 0 Å². The summed E-state index contributed by atoms with van der Waals surface area (Å²) in [7, 11) is 3.31. The highest BCUT2D eigenvalue weighted by atomic mass is 127. The summed E-state index contributed by atoms with van der Waals surface area (Å²) < 4.78 is 48.5. The van der Waals surface area contributed by atoms with E-state index in [4.69, 9.17) is 9.47 Å². The van der Waals surface area contributed by atoms with Crippen molar-refractivity contribution in [3.8, 4) is 0 Å². The number of nitrogens with one attached hydrogen (secondary N) is 1. The zero-order valence-corrected chi connectivity index (χ0v) is 17.5. The van der Waals surface area contributed by atoms with Crippen LogP contribution in [-0.2, 0) is 9.47 Å². The lowest BCUT2D eigenvalue weighted by atomic mass is 10.2. The molecule has 1 aliphatic heterocycles. The number of aliphatic imine (C=N–C) groups is 1. The summed E-state index contributed by atoms with van der Waals surface area (Å²) in [5.41, 5.74) is 0. The highest BCUT2D eigenvalue weighted by Gasteiger charge is 2.40. The number of nitrogens with zero attached hydrogens (tertiary/aromatic N) is 3.